The third-order valence-electron chi connectivity index (χ3n) is 4.62. The van der Waals surface area contributed by atoms with Crippen molar-refractivity contribution in [1.82, 2.24) is 19.7 Å². The molecule has 2 heterocycles. The standard InChI is InChI=1S/C23H20N4O3S/c1-30-21(28)15-26(13-17-8-4-2-5-9-17)23(29)20-16-31-22(25-20)18-12-24-27(14-18)19-10-6-3-7-11-19/h2-12,14,16H,13,15H2,1H3. The van der Waals surface area contributed by atoms with Crippen molar-refractivity contribution in [3.05, 3.63) is 89.7 Å². The Bertz CT molecular complexity index is 1170. The molecule has 156 valence electrons. The van der Waals surface area contributed by atoms with Crippen molar-refractivity contribution < 1.29 is 14.3 Å². The fraction of sp³-hybridized carbons (Fsp3) is 0.130. The van der Waals surface area contributed by atoms with Crippen LogP contribution in [0.1, 0.15) is 16.1 Å². The summed E-state index contributed by atoms with van der Waals surface area (Å²) in [4.78, 5) is 30.9. The van der Waals surface area contributed by atoms with Gasteiger partial charge in [0.05, 0.1) is 19.0 Å². The predicted octanol–water partition coefficient (Wildman–Crippen LogP) is 3.81. The SMILES string of the molecule is COC(=O)CN(Cc1ccccc1)C(=O)c1csc(-c2cnn(-c3ccccc3)c2)n1. The number of hydrogen-bond acceptors (Lipinski definition) is 6. The highest BCUT2D eigenvalue weighted by molar-refractivity contribution is 7.13. The molecule has 4 rings (SSSR count). The van der Waals surface area contributed by atoms with Crippen LogP contribution in [0.2, 0.25) is 0 Å². The maximum Gasteiger partial charge on any atom is 0.325 e. The third-order valence-corrected chi connectivity index (χ3v) is 5.52. The first-order valence-corrected chi connectivity index (χ1v) is 10.5. The Labute approximate surface area is 183 Å². The number of esters is 1. The Morgan fingerprint density at radius 3 is 2.48 bits per heavy atom. The molecule has 1 amide bonds. The van der Waals surface area contributed by atoms with Gasteiger partial charge in [-0.1, -0.05) is 48.5 Å². The molecule has 0 aliphatic carbocycles. The van der Waals surface area contributed by atoms with Gasteiger partial charge in [-0.05, 0) is 17.7 Å². The lowest BCUT2D eigenvalue weighted by Crippen LogP contribution is -2.36. The molecule has 7 nitrogen and oxygen atoms in total. The summed E-state index contributed by atoms with van der Waals surface area (Å²) in [6.07, 6.45) is 3.59. The maximum absolute atomic E-state index is 13.1. The molecule has 0 radical (unpaired) electrons. The van der Waals surface area contributed by atoms with Gasteiger partial charge in [-0.25, -0.2) is 9.67 Å². The lowest BCUT2D eigenvalue weighted by atomic mass is 10.2. The van der Waals surface area contributed by atoms with Crippen molar-refractivity contribution >= 4 is 23.2 Å². The molecule has 0 spiro atoms. The average molecular weight is 433 g/mol. The summed E-state index contributed by atoms with van der Waals surface area (Å²) >= 11 is 1.36. The van der Waals surface area contributed by atoms with Crippen LogP contribution in [0, 0.1) is 0 Å². The molecule has 31 heavy (non-hydrogen) atoms. The van der Waals surface area contributed by atoms with E-state index in [0.29, 0.717) is 5.01 Å². The number of rotatable bonds is 7. The highest BCUT2D eigenvalue weighted by Gasteiger charge is 2.22. The summed E-state index contributed by atoms with van der Waals surface area (Å²) in [5.41, 5.74) is 2.95. The fourth-order valence-corrected chi connectivity index (χ4v) is 3.81. The minimum atomic E-state index is -0.483. The van der Waals surface area contributed by atoms with E-state index in [1.165, 1.54) is 23.3 Å². The molecular formula is C23H20N4O3S. The Hall–Kier alpha value is -3.78. The molecular weight excluding hydrogens is 412 g/mol. The molecule has 8 heteroatoms. The van der Waals surface area contributed by atoms with Crippen LogP contribution >= 0.6 is 11.3 Å². The van der Waals surface area contributed by atoms with Crippen LogP contribution in [0.4, 0.5) is 0 Å². The molecule has 0 aliphatic rings. The number of hydrogen-bond donors (Lipinski definition) is 0. The lowest BCUT2D eigenvalue weighted by Gasteiger charge is -2.20. The average Bonchev–Trinajstić information content (AvgIpc) is 3.49. The van der Waals surface area contributed by atoms with E-state index in [-0.39, 0.29) is 24.7 Å². The zero-order chi connectivity index (χ0) is 21.6. The van der Waals surface area contributed by atoms with E-state index in [1.807, 2.05) is 66.9 Å². The summed E-state index contributed by atoms with van der Waals surface area (Å²) in [5, 5.41) is 6.77. The summed E-state index contributed by atoms with van der Waals surface area (Å²) < 4.78 is 6.52. The molecule has 0 bridgehead atoms. The van der Waals surface area contributed by atoms with Gasteiger partial charge in [-0.3, -0.25) is 9.59 Å². The molecule has 0 saturated heterocycles. The second kappa shape index (κ2) is 9.36. The van der Waals surface area contributed by atoms with Gasteiger partial charge >= 0.3 is 5.97 Å². The van der Waals surface area contributed by atoms with Crippen molar-refractivity contribution in [2.24, 2.45) is 0 Å². The van der Waals surface area contributed by atoms with Crippen molar-refractivity contribution in [2.75, 3.05) is 13.7 Å². The minimum absolute atomic E-state index is 0.150. The van der Waals surface area contributed by atoms with Gasteiger partial charge in [0.15, 0.2) is 0 Å². The minimum Gasteiger partial charge on any atom is -0.468 e. The molecule has 2 aromatic carbocycles. The number of benzene rings is 2. The largest absolute Gasteiger partial charge is 0.468 e. The zero-order valence-corrected chi connectivity index (χ0v) is 17.7. The molecule has 0 unspecified atom stereocenters. The summed E-state index contributed by atoms with van der Waals surface area (Å²) in [6.45, 7) is 0.136. The first-order chi connectivity index (χ1) is 15.1. The van der Waals surface area contributed by atoms with Gasteiger partial charge in [0.25, 0.3) is 5.91 Å². The van der Waals surface area contributed by atoms with Crippen molar-refractivity contribution in [2.45, 2.75) is 6.54 Å². The van der Waals surface area contributed by atoms with Crippen LogP contribution in [-0.4, -0.2) is 45.2 Å². The number of para-hydroxylation sites is 1. The van der Waals surface area contributed by atoms with Crippen LogP contribution in [0.5, 0.6) is 0 Å². The predicted molar refractivity (Wildman–Crippen MR) is 118 cm³/mol. The van der Waals surface area contributed by atoms with E-state index in [1.54, 1.807) is 16.3 Å². The van der Waals surface area contributed by atoms with E-state index in [9.17, 15) is 9.59 Å². The number of nitrogens with zero attached hydrogens (tertiary/aromatic N) is 4. The normalized spacial score (nSPS) is 10.6. The first-order valence-electron chi connectivity index (χ1n) is 9.60. The number of aromatic nitrogens is 3. The van der Waals surface area contributed by atoms with Gasteiger partial charge in [0, 0.05) is 23.7 Å². The molecule has 0 atom stereocenters. The van der Waals surface area contributed by atoms with Crippen LogP contribution in [0.15, 0.2) is 78.4 Å². The van der Waals surface area contributed by atoms with Gasteiger partial charge in [0.1, 0.15) is 17.2 Å². The summed E-state index contributed by atoms with van der Waals surface area (Å²) in [5.74, 6) is -0.809. The number of ether oxygens (including phenoxy) is 1. The summed E-state index contributed by atoms with van der Waals surface area (Å²) in [6, 6.07) is 19.2. The fourth-order valence-electron chi connectivity index (χ4n) is 3.05. The van der Waals surface area contributed by atoms with E-state index in [2.05, 4.69) is 10.1 Å². The number of methoxy groups -OCH3 is 1. The molecule has 2 aromatic heterocycles. The lowest BCUT2D eigenvalue weighted by molar-refractivity contribution is -0.141. The number of carbonyl (C=O) groups excluding carboxylic acids is 2. The summed E-state index contributed by atoms with van der Waals surface area (Å²) in [7, 11) is 1.30. The Kier molecular flexibility index (Phi) is 6.18. The van der Waals surface area contributed by atoms with Crippen molar-refractivity contribution in [3.8, 4) is 16.3 Å². The number of amides is 1. The van der Waals surface area contributed by atoms with Crippen LogP contribution in [-0.2, 0) is 16.1 Å². The highest BCUT2D eigenvalue weighted by atomic mass is 32.1. The van der Waals surface area contributed by atoms with Crippen LogP contribution in [0.3, 0.4) is 0 Å². The van der Waals surface area contributed by atoms with Crippen LogP contribution < -0.4 is 0 Å². The van der Waals surface area contributed by atoms with Crippen LogP contribution in [0.25, 0.3) is 16.3 Å². The number of carbonyl (C=O) groups is 2. The second-order valence-electron chi connectivity index (χ2n) is 6.77. The third kappa shape index (κ3) is 4.87. The molecule has 4 aromatic rings. The molecule has 0 N–H and O–H groups in total. The van der Waals surface area contributed by atoms with Gasteiger partial charge < -0.3 is 9.64 Å². The van der Waals surface area contributed by atoms with Gasteiger partial charge in [-0.15, -0.1) is 11.3 Å². The first kappa shape index (κ1) is 20.5. The van der Waals surface area contributed by atoms with Crippen molar-refractivity contribution in [3.63, 3.8) is 0 Å². The molecule has 0 aliphatic heterocycles. The second-order valence-corrected chi connectivity index (χ2v) is 7.63. The maximum atomic E-state index is 13.1. The Morgan fingerprint density at radius 2 is 1.77 bits per heavy atom. The monoisotopic (exact) mass is 432 g/mol. The molecule has 0 fully saturated rings. The van der Waals surface area contributed by atoms with E-state index in [4.69, 9.17) is 4.74 Å². The topological polar surface area (TPSA) is 77.3 Å². The smallest absolute Gasteiger partial charge is 0.325 e. The van der Waals surface area contributed by atoms with Gasteiger partial charge in [-0.2, -0.15) is 5.10 Å². The van der Waals surface area contributed by atoms with Gasteiger partial charge in [0.2, 0.25) is 0 Å². The highest BCUT2D eigenvalue weighted by Crippen LogP contribution is 2.25. The van der Waals surface area contributed by atoms with Crippen molar-refractivity contribution in [1.29, 1.82) is 0 Å². The van der Waals surface area contributed by atoms with E-state index >= 15 is 0 Å². The zero-order valence-electron chi connectivity index (χ0n) is 16.8. The Morgan fingerprint density at radius 1 is 1.06 bits per heavy atom. The van der Waals surface area contributed by atoms with E-state index < -0.39 is 5.97 Å². The Balaban J connectivity index is 1.55. The van der Waals surface area contributed by atoms with E-state index in [0.717, 1.165) is 16.8 Å². The number of thiazole rings is 1. The quantitative estimate of drug-likeness (QED) is 0.415. The molecule has 0 saturated carbocycles.